The Balaban J connectivity index is 2.39. The summed E-state index contributed by atoms with van der Waals surface area (Å²) in [5, 5.41) is 14.4. The van der Waals surface area contributed by atoms with Crippen molar-refractivity contribution in [2.24, 2.45) is 0 Å². The molecule has 0 spiro atoms. The monoisotopic (exact) mass is 302 g/mol. The molecule has 1 aromatic heterocycles. The molecule has 1 aromatic carbocycles. The summed E-state index contributed by atoms with van der Waals surface area (Å²) in [6.07, 6.45) is 0. The maximum absolute atomic E-state index is 11.4. The van der Waals surface area contributed by atoms with Crippen molar-refractivity contribution in [1.82, 2.24) is 9.97 Å². The van der Waals surface area contributed by atoms with Crippen molar-refractivity contribution >= 4 is 11.5 Å². The zero-order chi connectivity index (χ0) is 16.1. The molecule has 0 bridgehead atoms. The van der Waals surface area contributed by atoms with Crippen LogP contribution in [0.3, 0.4) is 0 Å². The average Bonchev–Trinajstić information content (AvgIpc) is 2.47. The second-order valence-corrected chi connectivity index (χ2v) is 4.74. The number of hydrogen-bond acceptors (Lipinski definition) is 6. The fourth-order valence-electron chi connectivity index (χ4n) is 2.07. The van der Waals surface area contributed by atoms with Crippen LogP contribution in [-0.4, -0.2) is 21.5 Å². The van der Waals surface area contributed by atoms with Gasteiger partial charge in [-0.1, -0.05) is 30.3 Å². The van der Waals surface area contributed by atoms with Crippen LogP contribution < -0.4 is 10.1 Å². The van der Waals surface area contributed by atoms with Gasteiger partial charge in [-0.3, -0.25) is 10.1 Å². The van der Waals surface area contributed by atoms with Gasteiger partial charge in [0.2, 0.25) is 5.82 Å². The Hall–Kier alpha value is -2.70. The largest absolute Gasteiger partial charge is 0.473 e. The van der Waals surface area contributed by atoms with Crippen LogP contribution in [0.25, 0.3) is 0 Å². The molecule has 0 saturated carbocycles. The van der Waals surface area contributed by atoms with E-state index in [1.165, 1.54) is 0 Å². The Kier molecular flexibility index (Phi) is 4.88. The maximum atomic E-state index is 11.4. The molecule has 1 heterocycles. The van der Waals surface area contributed by atoms with E-state index in [0.29, 0.717) is 12.4 Å². The Morgan fingerprint density at radius 2 is 2.00 bits per heavy atom. The molecule has 116 valence electrons. The summed E-state index contributed by atoms with van der Waals surface area (Å²) >= 11 is 0. The summed E-state index contributed by atoms with van der Waals surface area (Å²) in [7, 11) is 0. The number of nitrogens with zero attached hydrogens (tertiary/aromatic N) is 3. The van der Waals surface area contributed by atoms with Gasteiger partial charge in [0.25, 0.3) is 5.88 Å². The lowest BCUT2D eigenvalue weighted by Crippen LogP contribution is -2.12. The average molecular weight is 302 g/mol. The molecule has 0 saturated heterocycles. The number of aryl methyl sites for hydroxylation is 1. The Labute approximate surface area is 128 Å². The van der Waals surface area contributed by atoms with E-state index in [1.54, 1.807) is 13.8 Å². The first-order valence-corrected chi connectivity index (χ1v) is 7.00. The van der Waals surface area contributed by atoms with Gasteiger partial charge in [-0.15, -0.1) is 0 Å². The third kappa shape index (κ3) is 3.49. The van der Waals surface area contributed by atoms with E-state index in [2.05, 4.69) is 15.3 Å². The molecule has 0 aliphatic rings. The number of nitrogens with one attached hydrogen (secondary N) is 1. The number of ether oxygens (including phenoxy) is 1. The minimum absolute atomic E-state index is 0.0113. The van der Waals surface area contributed by atoms with Crippen LogP contribution in [0.2, 0.25) is 0 Å². The van der Waals surface area contributed by atoms with E-state index in [1.807, 2.05) is 37.3 Å². The van der Waals surface area contributed by atoms with Crippen LogP contribution in [-0.2, 0) is 0 Å². The summed E-state index contributed by atoms with van der Waals surface area (Å²) in [6, 6.07) is 9.50. The Morgan fingerprint density at radius 3 is 2.59 bits per heavy atom. The molecular weight excluding hydrogens is 284 g/mol. The van der Waals surface area contributed by atoms with Crippen LogP contribution in [0.15, 0.2) is 30.3 Å². The zero-order valence-corrected chi connectivity index (χ0v) is 12.7. The molecule has 1 N–H and O–H groups in total. The molecule has 1 unspecified atom stereocenters. The number of hydrogen-bond donors (Lipinski definition) is 1. The molecule has 22 heavy (non-hydrogen) atoms. The first-order chi connectivity index (χ1) is 10.5. The topological polar surface area (TPSA) is 90.2 Å². The standard InChI is InChI=1S/C15H18N4O3/c1-4-22-15-13(19(20)21)14(17-11(3)18-15)16-10(2)12-8-6-5-7-9-12/h5-10H,4H2,1-3H3,(H,16,17,18). The molecule has 7 nitrogen and oxygen atoms in total. The summed E-state index contributed by atoms with van der Waals surface area (Å²) < 4.78 is 5.27. The van der Waals surface area contributed by atoms with Crippen molar-refractivity contribution in [3.63, 3.8) is 0 Å². The lowest BCUT2D eigenvalue weighted by molar-refractivity contribution is -0.385. The number of nitro groups is 1. The predicted octanol–water partition coefficient (Wildman–Crippen LogP) is 3.27. The molecule has 0 aliphatic carbocycles. The second-order valence-electron chi connectivity index (χ2n) is 4.74. The van der Waals surface area contributed by atoms with Crippen LogP contribution in [0.1, 0.15) is 31.3 Å². The fourth-order valence-corrected chi connectivity index (χ4v) is 2.07. The van der Waals surface area contributed by atoms with Gasteiger partial charge in [-0.25, -0.2) is 4.98 Å². The molecule has 0 aliphatic heterocycles. The van der Waals surface area contributed by atoms with Gasteiger partial charge in [-0.05, 0) is 26.3 Å². The molecule has 7 heteroatoms. The van der Waals surface area contributed by atoms with Crippen LogP contribution >= 0.6 is 0 Å². The van der Waals surface area contributed by atoms with E-state index in [-0.39, 0.29) is 23.4 Å². The molecule has 1 atom stereocenters. The van der Waals surface area contributed by atoms with E-state index in [0.717, 1.165) is 5.56 Å². The van der Waals surface area contributed by atoms with Gasteiger partial charge >= 0.3 is 5.69 Å². The quantitative estimate of drug-likeness (QED) is 0.650. The van der Waals surface area contributed by atoms with Crippen molar-refractivity contribution in [2.45, 2.75) is 26.8 Å². The highest BCUT2D eigenvalue weighted by Gasteiger charge is 2.26. The zero-order valence-electron chi connectivity index (χ0n) is 12.7. The first kappa shape index (κ1) is 15.7. The first-order valence-electron chi connectivity index (χ1n) is 7.00. The van der Waals surface area contributed by atoms with Gasteiger partial charge in [-0.2, -0.15) is 4.98 Å². The summed E-state index contributed by atoms with van der Waals surface area (Å²) in [5.74, 6) is 0.567. The SMILES string of the molecule is CCOc1nc(C)nc(NC(C)c2ccccc2)c1[N+](=O)[O-]. The van der Waals surface area contributed by atoms with Crippen LogP contribution in [0, 0.1) is 17.0 Å². The van der Waals surface area contributed by atoms with Crippen molar-refractivity contribution < 1.29 is 9.66 Å². The van der Waals surface area contributed by atoms with Crippen LogP contribution in [0.4, 0.5) is 11.5 Å². The van der Waals surface area contributed by atoms with Crippen molar-refractivity contribution in [3.8, 4) is 5.88 Å². The molecule has 0 radical (unpaired) electrons. The van der Waals surface area contributed by atoms with Gasteiger partial charge in [0.15, 0.2) is 0 Å². The smallest absolute Gasteiger partial charge is 0.372 e. The molecule has 0 fully saturated rings. The van der Waals surface area contributed by atoms with E-state index >= 15 is 0 Å². The second kappa shape index (κ2) is 6.84. The number of benzene rings is 1. The van der Waals surface area contributed by atoms with E-state index in [9.17, 15) is 10.1 Å². The van der Waals surface area contributed by atoms with Crippen LogP contribution in [0.5, 0.6) is 5.88 Å². The van der Waals surface area contributed by atoms with Gasteiger partial charge in [0.05, 0.1) is 17.6 Å². The number of anilines is 1. The maximum Gasteiger partial charge on any atom is 0.372 e. The minimum atomic E-state index is -0.523. The molecular formula is C15H18N4O3. The predicted molar refractivity (Wildman–Crippen MR) is 83.1 cm³/mol. The van der Waals surface area contributed by atoms with Crippen molar-refractivity contribution in [1.29, 1.82) is 0 Å². The lowest BCUT2D eigenvalue weighted by Gasteiger charge is -2.16. The minimum Gasteiger partial charge on any atom is -0.473 e. The lowest BCUT2D eigenvalue weighted by atomic mass is 10.1. The third-order valence-corrected chi connectivity index (χ3v) is 3.08. The van der Waals surface area contributed by atoms with Gasteiger partial charge in [0, 0.05) is 0 Å². The van der Waals surface area contributed by atoms with E-state index in [4.69, 9.17) is 4.74 Å². The molecule has 2 aromatic rings. The third-order valence-electron chi connectivity index (χ3n) is 3.08. The van der Waals surface area contributed by atoms with Gasteiger partial charge < -0.3 is 10.1 Å². The van der Waals surface area contributed by atoms with Crippen molar-refractivity contribution in [3.05, 3.63) is 51.8 Å². The summed E-state index contributed by atoms with van der Waals surface area (Å²) in [4.78, 5) is 19.0. The fraction of sp³-hybridized carbons (Fsp3) is 0.333. The highest BCUT2D eigenvalue weighted by atomic mass is 16.6. The van der Waals surface area contributed by atoms with Crippen molar-refractivity contribution in [2.75, 3.05) is 11.9 Å². The highest BCUT2D eigenvalue weighted by Crippen LogP contribution is 2.33. The molecule has 2 rings (SSSR count). The van der Waals surface area contributed by atoms with Gasteiger partial charge in [0.1, 0.15) is 5.82 Å². The number of aromatic nitrogens is 2. The summed E-state index contributed by atoms with van der Waals surface area (Å²) in [5.41, 5.74) is 0.765. The molecule has 0 amide bonds. The summed E-state index contributed by atoms with van der Waals surface area (Å²) in [6.45, 7) is 5.63. The van der Waals surface area contributed by atoms with E-state index < -0.39 is 4.92 Å². The Morgan fingerprint density at radius 1 is 1.32 bits per heavy atom. The normalized spacial score (nSPS) is 11.8. The number of rotatable bonds is 6. The Bertz CT molecular complexity index is 661. The highest BCUT2D eigenvalue weighted by molar-refractivity contribution is 5.62.